The molecule has 0 radical (unpaired) electrons. The number of para-hydroxylation sites is 2. The van der Waals surface area contributed by atoms with E-state index < -0.39 is 26.3 Å². The second kappa shape index (κ2) is 11.1. The SMILES string of the molecule is O=C(Nc1ccc(OS(=O)(=O)Cc2ccccc2)cc1)Nc1ccccc1OS(=O)(=O)c1ccccc1. The Labute approximate surface area is 214 Å². The highest BCUT2D eigenvalue weighted by atomic mass is 32.2. The maximum atomic E-state index is 12.6. The predicted molar refractivity (Wildman–Crippen MR) is 139 cm³/mol. The van der Waals surface area contributed by atoms with E-state index in [0.717, 1.165) is 0 Å². The summed E-state index contributed by atoms with van der Waals surface area (Å²) in [4.78, 5) is 12.5. The molecule has 2 N–H and O–H groups in total. The molecule has 0 unspecified atom stereocenters. The lowest BCUT2D eigenvalue weighted by Crippen LogP contribution is -2.20. The first-order chi connectivity index (χ1) is 17.7. The number of hydrogen-bond donors (Lipinski definition) is 2. The van der Waals surface area contributed by atoms with Crippen LogP contribution in [0.4, 0.5) is 16.2 Å². The highest BCUT2D eigenvalue weighted by Gasteiger charge is 2.19. The number of urea groups is 1. The first-order valence-corrected chi connectivity index (χ1v) is 13.9. The average molecular weight is 539 g/mol. The molecule has 0 aromatic heterocycles. The summed E-state index contributed by atoms with van der Waals surface area (Å²) in [5.74, 6) is -0.252. The smallest absolute Gasteiger partial charge is 0.339 e. The van der Waals surface area contributed by atoms with Crippen LogP contribution in [0.25, 0.3) is 0 Å². The fourth-order valence-corrected chi connectivity index (χ4v) is 5.26. The zero-order chi connectivity index (χ0) is 26.3. The number of benzene rings is 4. The van der Waals surface area contributed by atoms with Crippen LogP contribution in [0.3, 0.4) is 0 Å². The molecule has 2 amide bonds. The lowest BCUT2D eigenvalue weighted by atomic mass is 10.2. The molecule has 37 heavy (non-hydrogen) atoms. The fraction of sp³-hybridized carbons (Fsp3) is 0.0385. The third kappa shape index (κ3) is 7.32. The van der Waals surface area contributed by atoms with Gasteiger partial charge in [0, 0.05) is 5.69 Å². The van der Waals surface area contributed by atoms with Crippen LogP contribution in [0, 0.1) is 0 Å². The number of amides is 2. The predicted octanol–water partition coefficient (Wildman–Crippen LogP) is 5.01. The summed E-state index contributed by atoms with van der Waals surface area (Å²) < 4.78 is 60.1. The maximum absolute atomic E-state index is 12.6. The van der Waals surface area contributed by atoms with E-state index in [1.165, 1.54) is 48.5 Å². The van der Waals surface area contributed by atoms with Crippen molar-refractivity contribution in [3.05, 3.63) is 115 Å². The minimum absolute atomic E-state index is 0.0256. The van der Waals surface area contributed by atoms with Gasteiger partial charge in [-0.05, 0) is 54.1 Å². The van der Waals surface area contributed by atoms with Crippen molar-refractivity contribution in [2.24, 2.45) is 0 Å². The van der Waals surface area contributed by atoms with Gasteiger partial charge in [0.2, 0.25) is 0 Å². The Morgan fingerprint density at radius 3 is 1.92 bits per heavy atom. The van der Waals surface area contributed by atoms with Crippen LogP contribution in [0.1, 0.15) is 5.56 Å². The van der Waals surface area contributed by atoms with Crippen molar-refractivity contribution in [3.8, 4) is 11.5 Å². The summed E-state index contributed by atoms with van der Waals surface area (Å²) in [5, 5.41) is 5.13. The number of anilines is 2. The summed E-state index contributed by atoms with van der Waals surface area (Å²) >= 11 is 0. The number of carbonyl (C=O) groups excluding carboxylic acids is 1. The van der Waals surface area contributed by atoms with Crippen LogP contribution in [0.15, 0.2) is 114 Å². The van der Waals surface area contributed by atoms with Crippen molar-refractivity contribution < 1.29 is 30.0 Å². The summed E-state index contributed by atoms with van der Waals surface area (Å²) in [6.45, 7) is 0. The maximum Gasteiger partial charge on any atom is 0.339 e. The van der Waals surface area contributed by atoms with Crippen LogP contribution in [0.5, 0.6) is 11.5 Å². The van der Waals surface area contributed by atoms with Crippen molar-refractivity contribution in [3.63, 3.8) is 0 Å². The third-order valence-electron chi connectivity index (χ3n) is 4.89. The highest BCUT2D eigenvalue weighted by molar-refractivity contribution is 7.87. The Balaban J connectivity index is 1.38. The minimum Gasteiger partial charge on any atom is -0.382 e. The monoisotopic (exact) mass is 538 g/mol. The van der Waals surface area contributed by atoms with Crippen molar-refractivity contribution in [2.45, 2.75) is 10.6 Å². The van der Waals surface area contributed by atoms with Gasteiger partial charge in [0.05, 0.1) is 5.69 Å². The largest absolute Gasteiger partial charge is 0.382 e. The molecule has 0 bridgehead atoms. The summed E-state index contributed by atoms with van der Waals surface area (Å²) in [5.41, 5.74) is 1.07. The summed E-state index contributed by atoms with van der Waals surface area (Å²) in [6, 6.07) is 27.4. The zero-order valence-electron chi connectivity index (χ0n) is 19.3. The Kier molecular flexibility index (Phi) is 7.75. The van der Waals surface area contributed by atoms with E-state index in [9.17, 15) is 21.6 Å². The number of carbonyl (C=O) groups is 1. The van der Waals surface area contributed by atoms with Crippen molar-refractivity contribution >= 4 is 37.6 Å². The second-order valence-electron chi connectivity index (χ2n) is 7.72. The van der Waals surface area contributed by atoms with Gasteiger partial charge in [0.25, 0.3) is 0 Å². The molecule has 4 aromatic rings. The molecule has 190 valence electrons. The topological polar surface area (TPSA) is 128 Å². The second-order valence-corrected chi connectivity index (χ2v) is 10.8. The first kappa shape index (κ1) is 25.7. The molecule has 4 aromatic carbocycles. The lowest BCUT2D eigenvalue weighted by Gasteiger charge is -2.13. The molecule has 9 nitrogen and oxygen atoms in total. The number of hydrogen-bond acceptors (Lipinski definition) is 7. The van der Waals surface area contributed by atoms with E-state index in [1.54, 1.807) is 60.7 Å². The van der Waals surface area contributed by atoms with Gasteiger partial charge in [-0.25, -0.2) is 4.79 Å². The quantitative estimate of drug-likeness (QED) is 0.287. The van der Waals surface area contributed by atoms with Crippen LogP contribution < -0.4 is 19.0 Å². The molecule has 0 fully saturated rings. The van der Waals surface area contributed by atoms with Crippen molar-refractivity contribution in [1.82, 2.24) is 0 Å². The minimum atomic E-state index is -4.11. The molecule has 0 aliphatic heterocycles. The van der Waals surface area contributed by atoms with Gasteiger partial charge in [-0.3, -0.25) is 0 Å². The van der Waals surface area contributed by atoms with E-state index in [0.29, 0.717) is 11.3 Å². The molecule has 4 rings (SSSR count). The normalized spacial score (nSPS) is 11.4. The molecular formula is C26H22N2O7S2. The standard InChI is InChI=1S/C26H22N2O7S2/c29-26(28-24-13-7-8-14-25(24)35-37(32,33)23-11-5-2-6-12-23)27-21-15-17-22(18-16-21)34-36(30,31)19-20-9-3-1-4-10-20/h1-18H,19H2,(H2,27,28,29). The van der Waals surface area contributed by atoms with Gasteiger partial charge in [-0.15, -0.1) is 0 Å². The molecule has 0 spiro atoms. The van der Waals surface area contributed by atoms with E-state index in [1.807, 2.05) is 0 Å². The van der Waals surface area contributed by atoms with Gasteiger partial charge in [0.1, 0.15) is 16.4 Å². The van der Waals surface area contributed by atoms with Crippen LogP contribution in [0.2, 0.25) is 0 Å². The number of nitrogens with one attached hydrogen (secondary N) is 2. The van der Waals surface area contributed by atoms with Crippen LogP contribution in [-0.4, -0.2) is 22.9 Å². The Morgan fingerprint density at radius 1 is 0.649 bits per heavy atom. The summed E-state index contributed by atoms with van der Waals surface area (Å²) in [7, 11) is -7.97. The molecule has 0 aliphatic rings. The van der Waals surface area contributed by atoms with Gasteiger partial charge in [-0.2, -0.15) is 16.8 Å². The van der Waals surface area contributed by atoms with E-state index >= 15 is 0 Å². The number of rotatable bonds is 9. The molecule has 0 saturated heterocycles. The van der Waals surface area contributed by atoms with Crippen LogP contribution in [-0.2, 0) is 26.0 Å². The average Bonchev–Trinajstić information content (AvgIpc) is 2.87. The molecule has 0 saturated carbocycles. The van der Waals surface area contributed by atoms with E-state index in [2.05, 4.69) is 10.6 Å². The van der Waals surface area contributed by atoms with Gasteiger partial charge < -0.3 is 19.0 Å². The lowest BCUT2D eigenvalue weighted by molar-refractivity contribution is 0.262. The first-order valence-electron chi connectivity index (χ1n) is 10.9. The van der Waals surface area contributed by atoms with Gasteiger partial charge in [0.15, 0.2) is 5.75 Å². The molecule has 0 heterocycles. The van der Waals surface area contributed by atoms with Crippen molar-refractivity contribution in [1.29, 1.82) is 0 Å². The third-order valence-corrected chi connectivity index (χ3v) is 7.27. The van der Waals surface area contributed by atoms with Gasteiger partial charge >= 0.3 is 26.3 Å². The zero-order valence-corrected chi connectivity index (χ0v) is 20.9. The molecular weight excluding hydrogens is 516 g/mol. The Morgan fingerprint density at radius 2 is 1.24 bits per heavy atom. The van der Waals surface area contributed by atoms with E-state index in [4.69, 9.17) is 8.37 Å². The Bertz CT molecular complexity index is 1580. The molecule has 0 atom stereocenters. The van der Waals surface area contributed by atoms with Gasteiger partial charge in [-0.1, -0.05) is 60.7 Å². The van der Waals surface area contributed by atoms with Crippen LogP contribution >= 0.6 is 0 Å². The van der Waals surface area contributed by atoms with E-state index in [-0.39, 0.29) is 27.8 Å². The molecule has 0 aliphatic carbocycles. The molecule has 11 heteroatoms. The fourth-order valence-electron chi connectivity index (χ4n) is 3.23. The Hall–Kier alpha value is -4.35. The highest BCUT2D eigenvalue weighted by Crippen LogP contribution is 2.28. The van der Waals surface area contributed by atoms with Crippen molar-refractivity contribution in [2.75, 3.05) is 10.6 Å². The summed E-state index contributed by atoms with van der Waals surface area (Å²) in [6.07, 6.45) is 0.